The normalized spacial score (nSPS) is 13.1. The van der Waals surface area contributed by atoms with Gasteiger partial charge in [-0.1, -0.05) is 68.4 Å². The number of esters is 1. The van der Waals surface area contributed by atoms with E-state index in [0.717, 1.165) is 15.6 Å². The van der Waals surface area contributed by atoms with Gasteiger partial charge in [-0.05, 0) is 53.8 Å². The summed E-state index contributed by atoms with van der Waals surface area (Å²) in [5.74, 6) is -1.14. The molecule has 0 saturated heterocycles. The summed E-state index contributed by atoms with van der Waals surface area (Å²) >= 11 is 1.18. The summed E-state index contributed by atoms with van der Waals surface area (Å²) < 4.78 is 26.1. The second-order valence-electron chi connectivity index (χ2n) is 7.97. The Balaban J connectivity index is 0.00000186. The predicted octanol–water partition coefficient (Wildman–Crippen LogP) is 7.12. The zero-order valence-corrected chi connectivity index (χ0v) is 22.6. The van der Waals surface area contributed by atoms with E-state index in [9.17, 15) is 19.3 Å². The fourth-order valence-electron chi connectivity index (χ4n) is 3.49. The molecule has 0 saturated carbocycles. The monoisotopic (exact) mass is 539 g/mol. The Morgan fingerprint density at radius 2 is 1.59 bits per heavy atom. The number of thiophene rings is 1. The second-order valence-corrected chi connectivity index (χ2v) is 11.2. The molecule has 0 fully saturated rings. The van der Waals surface area contributed by atoms with E-state index in [4.69, 9.17) is 9.26 Å². The minimum atomic E-state index is -3.62. The highest BCUT2D eigenvalue weighted by atomic mass is 32.1. The number of benzene rings is 3. The van der Waals surface area contributed by atoms with Gasteiger partial charge in [-0.25, -0.2) is 9.88 Å². The molecule has 2 N–H and O–H groups in total. The van der Waals surface area contributed by atoms with Crippen LogP contribution in [0.3, 0.4) is 0 Å². The van der Waals surface area contributed by atoms with Crippen LogP contribution in [-0.2, 0) is 26.9 Å². The van der Waals surface area contributed by atoms with Crippen molar-refractivity contribution in [3.63, 3.8) is 0 Å². The molecule has 9 heteroatoms. The quantitative estimate of drug-likeness (QED) is 0.163. The Hall–Kier alpha value is -3.45. The molecule has 37 heavy (non-hydrogen) atoms. The van der Waals surface area contributed by atoms with Crippen LogP contribution in [0, 0.1) is 0 Å². The van der Waals surface area contributed by atoms with Gasteiger partial charge in [0.2, 0.25) is 0 Å². The lowest BCUT2D eigenvalue weighted by molar-refractivity contribution is -0.146. The summed E-state index contributed by atoms with van der Waals surface area (Å²) in [6, 6.07) is 24.1. The Bertz CT molecular complexity index is 1370. The number of fused-ring (bicyclic) bond motifs is 1. The second kappa shape index (κ2) is 13.2. The van der Waals surface area contributed by atoms with Gasteiger partial charge in [-0.3, -0.25) is 9.36 Å². The van der Waals surface area contributed by atoms with Crippen LogP contribution in [0.4, 0.5) is 0 Å². The summed E-state index contributed by atoms with van der Waals surface area (Å²) in [5, 5.41) is 12.9. The van der Waals surface area contributed by atoms with Crippen molar-refractivity contribution in [1.82, 2.24) is 5.09 Å². The fraction of sp³-hybridized carbons (Fsp3) is 0.214. The van der Waals surface area contributed by atoms with Gasteiger partial charge in [0.25, 0.3) is 0 Å². The van der Waals surface area contributed by atoms with E-state index in [1.54, 1.807) is 55.5 Å². The van der Waals surface area contributed by atoms with Crippen molar-refractivity contribution < 1.29 is 28.5 Å². The first kappa shape index (κ1) is 28.1. The first-order valence-electron chi connectivity index (χ1n) is 11.9. The SMILES string of the molecule is CC.CC(NP(=O)(Cc1ccc2sc(C(=O)O)cc2c1)Oc1ccccc1)C(=O)OCc1ccccc1. The Kier molecular flexibility index (Phi) is 10.0. The molecule has 0 aliphatic carbocycles. The maximum Gasteiger partial charge on any atom is 0.345 e. The lowest BCUT2D eigenvalue weighted by Gasteiger charge is -2.24. The lowest BCUT2D eigenvalue weighted by Crippen LogP contribution is -2.34. The van der Waals surface area contributed by atoms with Gasteiger partial charge in [-0.15, -0.1) is 11.3 Å². The van der Waals surface area contributed by atoms with Gasteiger partial charge in [0.1, 0.15) is 23.3 Å². The number of aromatic carboxylic acids is 1. The highest BCUT2D eigenvalue weighted by molar-refractivity contribution is 7.56. The average molecular weight is 540 g/mol. The molecule has 1 aromatic heterocycles. The molecule has 3 aromatic carbocycles. The van der Waals surface area contributed by atoms with Crippen molar-refractivity contribution in [2.24, 2.45) is 0 Å². The molecule has 0 aliphatic rings. The largest absolute Gasteiger partial charge is 0.477 e. The van der Waals surface area contributed by atoms with Crippen LogP contribution in [0.15, 0.2) is 84.9 Å². The summed E-state index contributed by atoms with van der Waals surface area (Å²) in [4.78, 5) is 24.2. The molecule has 4 aromatic rings. The number of carboxylic acid groups (broad SMARTS) is 1. The molecule has 0 amide bonds. The third-order valence-electron chi connectivity index (χ3n) is 5.15. The zero-order valence-electron chi connectivity index (χ0n) is 20.9. The smallest absolute Gasteiger partial charge is 0.345 e. The summed E-state index contributed by atoms with van der Waals surface area (Å²) in [6.45, 7) is 5.69. The van der Waals surface area contributed by atoms with Gasteiger partial charge < -0.3 is 14.4 Å². The van der Waals surface area contributed by atoms with Crippen molar-refractivity contribution in [2.45, 2.75) is 39.6 Å². The van der Waals surface area contributed by atoms with Crippen LogP contribution >= 0.6 is 18.9 Å². The molecule has 194 valence electrons. The number of rotatable bonds is 10. The van der Waals surface area contributed by atoms with Crippen LogP contribution in [0.2, 0.25) is 0 Å². The van der Waals surface area contributed by atoms with Crippen LogP contribution in [0.5, 0.6) is 5.75 Å². The maximum atomic E-state index is 14.0. The third-order valence-corrected chi connectivity index (χ3v) is 8.32. The number of hydrogen-bond acceptors (Lipinski definition) is 6. The molecule has 0 spiro atoms. The van der Waals surface area contributed by atoms with Crippen molar-refractivity contribution in [3.8, 4) is 5.75 Å². The van der Waals surface area contributed by atoms with E-state index < -0.39 is 25.5 Å². The van der Waals surface area contributed by atoms with E-state index in [-0.39, 0.29) is 17.6 Å². The van der Waals surface area contributed by atoms with Gasteiger partial charge in [0, 0.05) is 4.70 Å². The molecular weight excluding hydrogens is 509 g/mol. The fourth-order valence-corrected chi connectivity index (χ4v) is 6.42. The van der Waals surface area contributed by atoms with E-state index in [1.807, 2.05) is 50.2 Å². The van der Waals surface area contributed by atoms with E-state index in [0.29, 0.717) is 11.3 Å². The van der Waals surface area contributed by atoms with E-state index in [2.05, 4.69) is 5.09 Å². The highest BCUT2D eigenvalue weighted by Gasteiger charge is 2.31. The van der Waals surface area contributed by atoms with Crippen LogP contribution < -0.4 is 9.61 Å². The summed E-state index contributed by atoms with van der Waals surface area (Å²) in [5.41, 5.74) is 1.53. The minimum absolute atomic E-state index is 0.00755. The van der Waals surface area contributed by atoms with Crippen molar-refractivity contribution in [1.29, 1.82) is 0 Å². The predicted molar refractivity (Wildman–Crippen MR) is 147 cm³/mol. The molecule has 2 atom stereocenters. The van der Waals surface area contributed by atoms with Crippen LogP contribution in [-0.4, -0.2) is 23.1 Å². The molecule has 4 rings (SSSR count). The van der Waals surface area contributed by atoms with Crippen molar-refractivity contribution >= 4 is 40.9 Å². The standard InChI is InChI=1S/C26H24NO6PS.C2H6/c1-18(26(30)32-16-19-8-4-2-5-9-19)27-34(31,33-22-10-6-3-7-11-22)17-20-12-13-23-21(14-20)15-24(35-23)25(28)29;1-2/h2-15,18H,16-17H2,1H3,(H,27,31)(H,28,29);1-2H3. The van der Waals surface area contributed by atoms with Gasteiger partial charge in [0.05, 0.1) is 6.16 Å². The number of hydrogen-bond donors (Lipinski definition) is 2. The first-order valence-corrected chi connectivity index (χ1v) is 14.5. The van der Waals surface area contributed by atoms with E-state index >= 15 is 0 Å². The number of carboxylic acids is 1. The number of ether oxygens (including phenoxy) is 1. The average Bonchev–Trinajstić information content (AvgIpc) is 3.33. The van der Waals surface area contributed by atoms with Crippen molar-refractivity contribution in [2.75, 3.05) is 0 Å². The first-order chi connectivity index (χ1) is 17.8. The third kappa shape index (κ3) is 8.02. The van der Waals surface area contributed by atoms with E-state index in [1.165, 1.54) is 11.3 Å². The molecule has 0 aliphatic heterocycles. The number of nitrogens with one attached hydrogen (secondary N) is 1. The van der Waals surface area contributed by atoms with Gasteiger partial charge >= 0.3 is 19.5 Å². The molecule has 7 nitrogen and oxygen atoms in total. The van der Waals surface area contributed by atoms with Crippen LogP contribution in [0.25, 0.3) is 10.1 Å². The summed E-state index contributed by atoms with van der Waals surface area (Å²) in [7, 11) is -3.62. The number of para-hydroxylation sites is 1. The number of carbonyl (C=O) groups excluding carboxylic acids is 1. The number of carbonyl (C=O) groups is 2. The lowest BCUT2D eigenvalue weighted by atomic mass is 10.2. The molecule has 2 unspecified atom stereocenters. The zero-order chi connectivity index (χ0) is 26.8. The highest BCUT2D eigenvalue weighted by Crippen LogP contribution is 2.47. The Morgan fingerprint density at radius 3 is 2.24 bits per heavy atom. The molecule has 0 radical (unpaired) electrons. The van der Waals surface area contributed by atoms with Crippen LogP contribution in [0.1, 0.15) is 41.6 Å². The molecule has 0 bridgehead atoms. The summed E-state index contributed by atoms with van der Waals surface area (Å²) in [6.07, 6.45) is -0.00755. The minimum Gasteiger partial charge on any atom is -0.477 e. The molecular formula is C28H30NO6PS. The maximum absolute atomic E-state index is 14.0. The Morgan fingerprint density at radius 1 is 0.946 bits per heavy atom. The molecule has 1 heterocycles. The topological polar surface area (TPSA) is 102 Å². The van der Waals surface area contributed by atoms with Crippen molar-refractivity contribution in [3.05, 3.63) is 101 Å². The Labute approximate surface area is 220 Å². The van der Waals surface area contributed by atoms with Gasteiger partial charge in [-0.2, -0.15) is 0 Å². The van der Waals surface area contributed by atoms with Gasteiger partial charge in [0.15, 0.2) is 0 Å².